The van der Waals surface area contributed by atoms with Crippen molar-refractivity contribution in [3.05, 3.63) is 27.1 Å². The maximum absolute atomic E-state index is 8.37. The second kappa shape index (κ2) is 6.86. The average Bonchev–Trinajstić information content (AvgIpc) is 2.21. The van der Waals surface area contributed by atoms with Gasteiger partial charge in [0.2, 0.25) is 0 Å². The Hall–Kier alpha value is -0.530. The molecular weight excluding hydrogens is 322 g/mol. The first-order valence-corrected chi connectivity index (χ1v) is 6.28. The molecule has 0 N–H and O–H groups in total. The third-order valence-corrected chi connectivity index (χ3v) is 3.10. The van der Waals surface area contributed by atoms with Crippen LogP contribution in [0.2, 0.25) is 0 Å². The van der Waals surface area contributed by atoms with Gasteiger partial charge in [-0.05, 0) is 56.8 Å². The summed E-state index contributed by atoms with van der Waals surface area (Å²) < 4.78 is 7.49. The van der Waals surface area contributed by atoms with E-state index in [0.29, 0.717) is 13.0 Å². The van der Waals surface area contributed by atoms with Crippen LogP contribution in [0.5, 0.6) is 5.75 Å². The molecule has 0 unspecified atom stereocenters. The quantitative estimate of drug-likeness (QED) is 0.754. The number of rotatable bonds is 5. The Balaban J connectivity index is 2.41. The number of hydrogen-bond donors (Lipinski definition) is 0. The predicted octanol–water partition coefficient (Wildman–Crippen LogP) is 4.28. The highest BCUT2D eigenvalue weighted by atomic mass is 79.9. The number of benzene rings is 1. The Morgan fingerprint density at radius 1 is 1.20 bits per heavy atom. The van der Waals surface area contributed by atoms with E-state index in [1.807, 2.05) is 18.2 Å². The van der Waals surface area contributed by atoms with Gasteiger partial charge in [0.15, 0.2) is 0 Å². The monoisotopic (exact) mass is 331 g/mol. The lowest BCUT2D eigenvalue weighted by Gasteiger charge is -2.09. The van der Waals surface area contributed by atoms with Gasteiger partial charge in [-0.3, -0.25) is 0 Å². The molecule has 2 nitrogen and oxygen atoms in total. The van der Waals surface area contributed by atoms with Crippen LogP contribution >= 0.6 is 31.9 Å². The van der Waals surface area contributed by atoms with Crippen molar-refractivity contribution in [1.82, 2.24) is 0 Å². The van der Waals surface area contributed by atoms with Crippen LogP contribution in [0.15, 0.2) is 27.1 Å². The maximum Gasteiger partial charge on any atom is 0.147 e. The molecule has 0 saturated carbocycles. The highest BCUT2D eigenvalue weighted by Gasteiger charge is 2.04. The summed E-state index contributed by atoms with van der Waals surface area (Å²) in [6.07, 6.45) is 2.39. The van der Waals surface area contributed by atoms with Gasteiger partial charge in [-0.2, -0.15) is 5.26 Å². The van der Waals surface area contributed by atoms with Crippen molar-refractivity contribution >= 4 is 31.9 Å². The van der Waals surface area contributed by atoms with Crippen LogP contribution in [-0.4, -0.2) is 6.61 Å². The maximum atomic E-state index is 8.37. The van der Waals surface area contributed by atoms with E-state index in [4.69, 9.17) is 10.00 Å². The third kappa shape index (κ3) is 4.23. The summed E-state index contributed by atoms with van der Waals surface area (Å²) in [5, 5.41) is 8.37. The summed E-state index contributed by atoms with van der Waals surface area (Å²) in [4.78, 5) is 0. The molecule has 0 spiro atoms. The molecule has 0 aliphatic rings. The topological polar surface area (TPSA) is 33.0 Å². The molecule has 1 aromatic rings. The van der Waals surface area contributed by atoms with Crippen LogP contribution in [0.1, 0.15) is 19.3 Å². The van der Waals surface area contributed by atoms with E-state index < -0.39 is 0 Å². The van der Waals surface area contributed by atoms with E-state index in [2.05, 4.69) is 37.9 Å². The van der Waals surface area contributed by atoms with E-state index in [1.54, 1.807) is 0 Å². The number of ether oxygens (including phenoxy) is 1. The summed E-state index contributed by atoms with van der Waals surface area (Å²) in [5.74, 6) is 0.828. The SMILES string of the molecule is N#CCCCCOc1c(Br)cccc1Br. The van der Waals surface area contributed by atoms with Gasteiger partial charge in [-0.15, -0.1) is 0 Å². The molecular formula is C11H11Br2NO. The number of halogens is 2. The summed E-state index contributed by atoms with van der Waals surface area (Å²) >= 11 is 6.85. The predicted molar refractivity (Wildman–Crippen MR) is 66.8 cm³/mol. The molecule has 0 saturated heterocycles. The largest absolute Gasteiger partial charge is 0.491 e. The fourth-order valence-electron chi connectivity index (χ4n) is 1.10. The van der Waals surface area contributed by atoms with Crippen LogP contribution in [-0.2, 0) is 0 Å². The summed E-state index contributed by atoms with van der Waals surface area (Å²) in [6, 6.07) is 7.94. The lowest BCUT2D eigenvalue weighted by atomic mass is 10.2. The molecule has 0 bridgehead atoms. The zero-order valence-corrected chi connectivity index (χ0v) is 11.3. The van der Waals surface area contributed by atoms with Crippen molar-refractivity contribution in [2.45, 2.75) is 19.3 Å². The first-order valence-electron chi connectivity index (χ1n) is 4.69. The van der Waals surface area contributed by atoms with E-state index in [-0.39, 0.29) is 0 Å². The van der Waals surface area contributed by atoms with E-state index >= 15 is 0 Å². The fraction of sp³-hybridized carbons (Fsp3) is 0.364. The zero-order chi connectivity index (χ0) is 11.1. The Morgan fingerprint density at radius 3 is 2.47 bits per heavy atom. The first-order chi connectivity index (χ1) is 7.25. The summed E-state index contributed by atoms with van der Waals surface area (Å²) in [7, 11) is 0. The molecule has 80 valence electrons. The number of para-hydroxylation sites is 1. The minimum atomic E-state index is 0.598. The van der Waals surface area contributed by atoms with Gasteiger partial charge in [0.25, 0.3) is 0 Å². The van der Waals surface area contributed by atoms with Crippen LogP contribution in [0.3, 0.4) is 0 Å². The zero-order valence-electron chi connectivity index (χ0n) is 8.17. The van der Waals surface area contributed by atoms with Gasteiger partial charge in [0, 0.05) is 6.42 Å². The van der Waals surface area contributed by atoms with E-state index in [9.17, 15) is 0 Å². The number of nitriles is 1. The normalized spacial score (nSPS) is 9.67. The first kappa shape index (κ1) is 12.5. The molecule has 4 heteroatoms. The molecule has 0 radical (unpaired) electrons. The van der Waals surface area contributed by atoms with Crippen LogP contribution in [0.4, 0.5) is 0 Å². The highest BCUT2D eigenvalue weighted by Crippen LogP contribution is 2.32. The standard InChI is InChI=1S/C11H11Br2NO/c12-9-5-4-6-10(13)11(9)15-8-3-1-2-7-14/h4-6H,1-3,8H2. The molecule has 0 heterocycles. The number of hydrogen-bond acceptors (Lipinski definition) is 2. The van der Waals surface area contributed by atoms with E-state index in [1.165, 1.54) is 0 Å². The van der Waals surface area contributed by atoms with Gasteiger partial charge >= 0.3 is 0 Å². The Kier molecular flexibility index (Phi) is 5.74. The smallest absolute Gasteiger partial charge is 0.147 e. The molecule has 0 amide bonds. The van der Waals surface area contributed by atoms with Gasteiger partial charge in [0.05, 0.1) is 21.6 Å². The molecule has 0 fully saturated rings. The summed E-state index contributed by atoms with van der Waals surface area (Å²) in [5.41, 5.74) is 0. The lowest BCUT2D eigenvalue weighted by Crippen LogP contribution is -1.98. The second-order valence-electron chi connectivity index (χ2n) is 3.01. The third-order valence-electron chi connectivity index (χ3n) is 1.85. The van der Waals surface area contributed by atoms with Crippen molar-refractivity contribution in [2.75, 3.05) is 6.61 Å². The van der Waals surface area contributed by atoms with Crippen molar-refractivity contribution in [1.29, 1.82) is 5.26 Å². The van der Waals surface area contributed by atoms with E-state index in [0.717, 1.165) is 27.5 Å². The van der Waals surface area contributed by atoms with Gasteiger partial charge in [0.1, 0.15) is 5.75 Å². The Bertz CT molecular complexity index is 340. The molecule has 0 aliphatic carbocycles. The molecule has 0 atom stereocenters. The average molecular weight is 333 g/mol. The van der Waals surface area contributed by atoms with Crippen LogP contribution in [0.25, 0.3) is 0 Å². The molecule has 15 heavy (non-hydrogen) atoms. The Morgan fingerprint density at radius 2 is 1.87 bits per heavy atom. The minimum absolute atomic E-state index is 0.598. The van der Waals surface area contributed by atoms with Crippen LogP contribution < -0.4 is 4.74 Å². The highest BCUT2D eigenvalue weighted by molar-refractivity contribution is 9.11. The molecule has 0 aromatic heterocycles. The Labute approximate surface area is 106 Å². The molecule has 1 aromatic carbocycles. The van der Waals surface area contributed by atoms with Crippen LogP contribution in [0, 0.1) is 11.3 Å². The van der Waals surface area contributed by atoms with Crippen molar-refractivity contribution in [3.8, 4) is 11.8 Å². The number of unbranched alkanes of at least 4 members (excludes halogenated alkanes) is 2. The van der Waals surface area contributed by atoms with Crippen molar-refractivity contribution in [2.24, 2.45) is 0 Å². The fourth-order valence-corrected chi connectivity index (χ4v) is 2.33. The lowest BCUT2D eigenvalue weighted by molar-refractivity contribution is 0.304. The molecule has 0 aliphatic heterocycles. The summed E-state index contributed by atoms with van der Waals surface area (Å²) in [6.45, 7) is 0.642. The minimum Gasteiger partial charge on any atom is -0.491 e. The van der Waals surface area contributed by atoms with Crippen molar-refractivity contribution in [3.63, 3.8) is 0 Å². The van der Waals surface area contributed by atoms with Gasteiger partial charge in [-0.1, -0.05) is 6.07 Å². The van der Waals surface area contributed by atoms with Gasteiger partial charge < -0.3 is 4.74 Å². The number of nitrogens with zero attached hydrogens (tertiary/aromatic N) is 1. The van der Waals surface area contributed by atoms with Crippen molar-refractivity contribution < 1.29 is 4.74 Å². The molecule has 1 rings (SSSR count). The second-order valence-corrected chi connectivity index (χ2v) is 4.72. The van der Waals surface area contributed by atoms with Gasteiger partial charge in [-0.25, -0.2) is 0 Å².